The molecular formula is C23H26ClN3O5. The molecule has 2 N–H and O–H groups in total. The quantitative estimate of drug-likeness (QED) is 0.666. The summed E-state index contributed by atoms with van der Waals surface area (Å²) < 4.78 is 5.51. The molecule has 0 radical (unpaired) electrons. The fourth-order valence-electron chi connectivity index (χ4n) is 5.45. The smallest absolute Gasteiger partial charge is 0.251 e. The van der Waals surface area contributed by atoms with Crippen LogP contribution in [0, 0.1) is 5.92 Å². The van der Waals surface area contributed by atoms with Crippen LogP contribution < -0.4 is 10.6 Å². The van der Waals surface area contributed by atoms with Crippen LogP contribution in [0.1, 0.15) is 48.0 Å². The van der Waals surface area contributed by atoms with E-state index in [1.165, 1.54) is 4.90 Å². The Kier molecular flexibility index (Phi) is 5.67. The van der Waals surface area contributed by atoms with Gasteiger partial charge in [0.1, 0.15) is 24.8 Å². The fourth-order valence-corrected chi connectivity index (χ4v) is 5.81. The second-order valence-electron chi connectivity index (χ2n) is 9.14. The van der Waals surface area contributed by atoms with Gasteiger partial charge >= 0.3 is 0 Å². The molecule has 8 nitrogen and oxygen atoms in total. The average molecular weight is 460 g/mol. The number of carbonyl (C=O) groups excluding carboxylic acids is 4. The number of Topliss-reactive ketones (excluding diaryl/α,β-unsaturated/α-hetero) is 1. The Morgan fingerprint density at radius 1 is 1.19 bits per heavy atom. The lowest BCUT2D eigenvalue weighted by Gasteiger charge is -2.34. The highest BCUT2D eigenvalue weighted by Crippen LogP contribution is 2.34. The standard InChI is InChI=1S/C23H26ClN3O5/c24-15-10-27(20-17(28)11-32-21(15)20)23(31)19(12-4-2-1-3-5-12)26-22(30)13-6-7-16-14(8-13)9-18(29)25-16/h6-8,12,15,19-21H,1-5,9-11H2,(H,25,29)(H,26,30)/t15-,19-,20+,21+/m0/s1. The van der Waals surface area contributed by atoms with Crippen molar-refractivity contribution in [2.45, 2.75) is 62.1 Å². The van der Waals surface area contributed by atoms with E-state index in [2.05, 4.69) is 10.6 Å². The zero-order valence-electron chi connectivity index (χ0n) is 17.6. The Hall–Kier alpha value is -2.45. The van der Waals surface area contributed by atoms with Gasteiger partial charge in [-0.2, -0.15) is 0 Å². The van der Waals surface area contributed by atoms with Crippen molar-refractivity contribution in [1.82, 2.24) is 10.2 Å². The summed E-state index contributed by atoms with van der Waals surface area (Å²) in [5, 5.41) is 5.27. The lowest BCUT2D eigenvalue weighted by Crippen LogP contribution is -2.55. The fraction of sp³-hybridized carbons (Fsp3) is 0.565. The number of rotatable bonds is 4. The Morgan fingerprint density at radius 2 is 1.97 bits per heavy atom. The Morgan fingerprint density at radius 3 is 2.75 bits per heavy atom. The predicted octanol–water partition coefficient (Wildman–Crippen LogP) is 1.65. The van der Waals surface area contributed by atoms with Gasteiger partial charge in [0, 0.05) is 17.8 Å². The van der Waals surface area contributed by atoms with Gasteiger partial charge in [-0.1, -0.05) is 19.3 Å². The molecule has 2 saturated heterocycles. The van der Waals surface area contributed by atoms with E-state index in [0.29, 0.717) is 11.3 Å². The van der Waals surface area contributed by atoms with Crippen LogP contribution in [0.5, 0.6) is 0 Å². The van der Waals surface area contributed by atoms with Gasteiger partial charge in [0.2, 0.25) is 11.8 Å². The van der Waals surface area contributed by atoms with Crippen molar-refractivity contribution < 1.29 is 23.9 Å². The minimum absolute atomic E-state index is 0.00289. The van der Waals surface area contributed by atoms with Crippen molar-refractivity contribution in [1.29, 1.82) is 0 Å². The van der Waals surface area contributed by atoms with Crippen molar-refractivity contribution in [3.05, 3.63) is 29.3 Å². The number of hydrogen-bond acceptors (Lipinski definition) is 5. The van der Waals surface area contributed by atoms with Crippen LogP contribution in [-0.2, 0) is 25.5 Å². The maximum absolute atomic E-state index is 13.7. The number of nitrogens with one attached hydrogen (secondary N) is 2. The van der Waals surface area contributed by atoms with E-state index in [-0.39, 0.29) is 49.0 Å². The molecule has 0 aromatic heterocycles. The highest BCUT2D eigenvalue weighted by atomic mass is 35.5. The summed E-state index contributed by atoms with van der Waals surface area (Å²) in [4.78, 5) is 52.4. The maximum atomic E-state index is 13.7. The normalized spacial score (nSPS) is 28.3. The van der Waals surface area contributed by atoms with Crippen LogP contribution >= 0.6 is 11.6 Å². The van der Waals surface area contributed by atoms with Gasteiger partial charge in [-0.15, -0.1) is 11.6 Å². The molecule has 1 aromatic carbocycles. The minimum Gasteiger partial charge on any atom is -0.366 e. The van der Waals surface area contributed by atoms with Gasteiger partial charge in [-0.3, -0.25) is 19.2 Å². The average Bonchev–Trinajstić information content (AvgIpc) is 3.46. The maximum Gasteiger partial charge on any atom is 0.251 e. The van der Waals surface area contributed by atoms with Crippen molar-refractivity contribution in [2.24, 2.45) is 5.92 Å². The molecule has 0 unspecified atom stereocenters. The Bertz CT molecular complexity index is 976. The first kappa shape index (κ1) is 21.4. The number of halogens is 1. The molecule has 3 heterocycles. The number of carbonyl (C=O) groups is 4. The molecule has 32 heavy (non-hydrogen) atoms. The summed E-state index contributed by atoms with van der Waals surface area (Å²) in [5.41, 5.74) is 1.88. The molecule has 3 amide bonds. The lowest BCUT2D eigenvalue weighted by atomic mass is 9.83. The number of likely N-dealkylation sites (tertiary alicyclic amines) is 1. The molecule has 170 valence electrons. The minimum atomic E-state index is -0.730. The van der Waals surface area contributed by atoms with Crippen molar-refractivity contribution in [3.8, 4) is 0 Å². The SMILES string of the molecule is O=C1Cc2cc(C(=O)N[C@H](C(=O)N3C[C@H](Cl)[C@H]4OCC(=O)[C@H]43)C3CCCCC3)ccc2N1. The molecule has 9 heteroatoms. The molecule has 0 spiro atoms. The summed E-state index contributed by atoms with van der Waals surface area (Å²) in [5.74, 6) is -0.863. The highest BCUT2D eigenvalue weighted by Gasteiger charge is 2.53. The van der Waals surface area contributed by atoms with Gasteiger partial charge in [-0.05, 0) is 42.5 Å². The molecule has 1 saturated carbocycles. The second kappa shape index (κ2) is 8.48. The third kappa shape index (κ3) is 3.79. The van der Waals surface area contributed by atoms with E-state index in [4.69, 9.17) is 16.3 Å². The third-order valence-electron chi connectivity index (χ3n) is 7.07. The monoisotopic (exact) mass is 459 g/mol. The third-order valence-corrected chi connectivity index (χ3v) is 7.46. The number of nitrogens with zero attached hydrogens (tertiary/aromatic N) is 1. The van der Waals surface area contributed by atoms with Crippen LogP contribution in [0.15, 0.2) is 18.2 Å². The Labute approximate surface area is 191 Å². The molecule has 3 aliphatic heterocycles. The predicted molar refractivity (Wildman–Crippen MR) is 116 cm³/mol. The molecule has 3 fully saturated rings. The van der Waals surface area contributed by atoms with Crippen LogP contribution in [0.25, 0.3) is 0 Å². The Balaban J connectivity index is 1.38. The van der Waals surface area contributed by atoms with Crippen LogP contribution in [0.4, 0.5) is 5.69 Å². The number of hydrogen-bond donors (Lipinski definition) is 2. The highest BCUT2D eigenvalue weighted by molar-refractivity contribution is 6.22. The van der Waals surface area contributed by atoms with E-state index in [1.54, 1.807) is 18.2 Å². The summed E-state index contributed by atoms with van der Waals surface area (Å²) in [6, 6.07) is 3.65. The summed E-state index contributed by atoms with van der Waals surface area (Å²) in [7, 11) is 0. The lowest BCUT2D eigenvalue weighted by molar-refractivity contribution is -0.139. The number of amides is 3. The van der Waals surface area contributed by atoms with E-state index in [1.807, 2.05) is 0 Å². The first-order chi connectivity index (χ1) is 15.4. The molecule has 0 bridgehead atoms. The summed E-state index contributed by atoms with van der Waals surface area (Å²) in [6.45, 7) is 0.192. The molecule has 4 atom stereocenters. The van der Waals surface area contributed by atoms with Crippen LogP contribution in [0.2, 0.25) is 0 Å². The van der Waals surface area contributed by atoms with E-state index >= 15 is 0 Å². The van der Waals surface area contributed by atoms with Gasteiger partial charge in [0.15, 0.2) is 5.78 Å². The number of ether oxygens (including phenoxy) is 1. The van der Waals surface area contributed by atoms with Gasteiger partial charge in [-0.25, -0.2) is 0 Å². The van der Waals surface area contributed by atoms with E-state index < -0.39 is 23.6 Å². The van der Waals surface area contributed by atoms with Crippen molar-refractivity contribution in [3.63, 3.8) is 0 Å². The molecule has 4 aliphatic rings. The van der Waals surface area contributed by atoms with Gasteiger partial charge in [0.05, 0.1) is 11.8 Å². The number of benzene rings is 1. The van der Waals surface area contributed by atoms with E-state index in [9.17, 15) is 19.2 Å². The summed E-state index contributed by atoms with van der Waals surface area (Å²) >= 11 is 6.38. The number of fused-ring (bicyclic) bond motifs is 2. The van der Waals surface area contributed by atoms with Crippen molar-refractivity contribution in [2.75, 3.05) is 18.5 Å². The number of ketones is 1. The molecule has 1 aliphatic carbocycles. The van der Waals surface area contributed by atoms with Crippen molar-refractivity contribution >= 4 is 40.8 Å². The zero-order valence-corrected chi connectivity index (χ0v) is 18.4. The largest absolute Gasteiger partial charge is 0.366 e. The molecule has 1 aromatic rings. The first-order valence-electron chi connectivity index (χ1n) is 11.2. The van der Waals surface area contributed by atoms with Gasteiger partial charge in [0.25, 0.3) is 5.91 Å². The topological polar surface area (TPSA) is 105 Å². The number of anilines is 1. The first-order valence-corrected chi connectivity index (χ1v) is 11.7. The zero-order chi connectivity index (χ0) is 22.4. The second-order valence-corrected chi connectivity index (χ2v) is 9.70. The number of alkyl halides is 1. The molecule has 5 rings (SSSR count). The van der Waals surface area contributed by atoms with E-state index in [0.717, 1.165) is 37.7 Å². The van der Waals surface area contributed by atoms with Crippen LogP contribution in [0.3, 0.4) is 0 Å². The molecular weight excluding hydrogens is 434 g/mol. The summed E-state index contributed by atoms with van der Waals surface area (Å²) in [6.07, 6.45) is 4.55. The van der Waals surface area contributed by atoms with Gasteiger partial charge < -0.3 is 20.3 Å². The van der Waals surface area contributed by atoms with Crippen LogP contribution in [-0.4, -0.2) is 65.1 Å².